The number of ketones is 2. The van der Waals surface area contributed by atoms with Crippen LogP contribution >= 0.6 is 0 Å². The Kier molecular flexibility index (Phi) is 14.7. The first-order valence-corrected chi connectivity index (χ1v) is 16.8. The molecule has 1 aromatic carbocycles. The molecule has 15 heteroatoms. The molecule has 4 atom stereocenters. The van der Waals surface area contributed by atoms with Crippen molar-refractivity contribution in [1.29, 1.82) is 0 Å². The molecule has 268 valence electrons. The Bertz CT molecular complexity index is 1380. The van der Waals surface area contributed by atoms with Crippen LogP contribution in [-0.4, -0.2) is 95.1 Å². The summed E-state index contributed by atoms with van der Waals surface area (Å²) in [4.78, 5) is 104. The highest BCUT2D eigenvalue weighted by Crippen LogP contribution is 2.29. The Morgan fingerprint density at radius 1 is 0.959 bits per heavy atom. The van der Waals surface area contributed by atoms with E-state index >= 15 is 0 Å². The molecule has 1 heterocycles. The number of carboxylic acids is 1. The van der Waals surface area contributed by atoms with Crippen molar-refractivity contribution in [3.8, 4) is 0 Å². The van der Waals surface area contributed by atoms with Crippen LogP contribution in [0.25, 0.3) is 0 Å². The SMILES string of the molecule is CCCC(NC(=O)[C@@H]1CC(=O)CN1C(=O)[C@@H](NC(=O)OCC(C)C)C1CCCCC1)C(=O)C(=O)NCC(=O)NC(C(=O)O)c1ccccc1. The first kappa shape index (κ1) is 38.6. The summed E-state index contributed by atoms with van der Waals surface area (Å²) < 4.78 is 5.25. The van der Waals surface area contributed by atoms with Gasteiger partial charge in [0.1, 0.15) is 12.1 Å². The number of rotatable bonds is 16. The van der Waals surface area contributed by atoms with Gasteiger partial charge in [0, 0.05) is 6.42 Å². The number of ether oxygens (including phenoxy) is 1. The highest BCUT2D eigenvalue weighted by atomic mass is 16.5. The number of carboxylic acid groups (broad SMARTS) is 1. The van der Waals surface area contributed by atoms with Gasteiger partial charge in [-0.25, -0.2) is 9.59 Å². The van der Waals surface area contributed by atoms with Gasteiger partial charge in [-0.05, 0) is 36.7 Å². The molecule has 2 fully saturated rings. The molecular formula is C34H47N5O10. The van der Waals surface area contributed by atoms with E-state index in [0.717, 1.165) is 24.2 Å². The minimum atomic E-state index is -1.38. The summed E-state index contributed by atoms with van der Waals surface area (Å²) in [7, 11) is 0. The zero-order valence-electron chi connectivity index (χ0n) is 28.2. The van der Waals surface area contributed by atoms with Gasteiger partial charge >= 0.3 is 12.1 Å². The Morgan fingerprint density at radius 2 is 1.63 bits per heavy atom. The maximum Gasteiger partial charge on any atom is 0.407 e. The van der Waals surface area contributed by atoms with Crippen molar-refractivity contribution in [2.75, 3.05) is 19.7 Å². The van der Waals surface area contributed by atoms with Crippen LogP contribution in [0.4, 0.5) is 4.79 Å². The lowest BCUT2D eigenvalue weighted by Crippen LogP contribution is -2.58. The lowest BCUT2D eigenvalue weighted by Gasteiger charge is -2.34. The third-order valence-corrected chi connectivity index (χ3v) is 8.47. The number of aliphatic carboxylic acids is 1. The fourth-order valence-electron chi connectivity index (χ4n) is 5.97. The Balaban J connectivity index is 1.67. The van der Waals surface area contributed by atoms with Crippen molar-refractivity contribution in [2.45, 2.75) is 96.3 Å². The number of carbonyl (C=O) groups is 8. The topological polar surface area (TPSA) is 217 Å². The largest absolute Gasteiger partial charge is 0.479 e. The first-order chi connectivity index (χ1) is 23.3. The number of benzene rings is 1. The molecule has 1 saturated carbocycles. The Morgan fingerprint density at radius 3 is 2.24 bits per heavy atom. The molecular weight excluding hydrogens is 638 g/mol. The molecule has 0 aromatic heterocycles. The molecule has 1 aliphatic carbocycles. The van der Waals surface area contributed by atoms with Crippen LogP contribution in [0, 0.1) is 11.8 Å². The fourth-order valence-corrected chi connectivity index (χ4v) is 5.97. The molecule has 49 heavy (non-hydrogen) atoms. The zero-order chi connectivity index (χ0) is 36.1. The van der Waals surface area contributed by atoms with Crippen molar-refractivity contribution >= 4 is 47.3 Å². The monoisotopic (exact) mass is 685 g/mol. The van der Waals surface area contributed by atoms with Gasteiger partial charge in [0.25, 0.3) is 5.91 Å². The molecule has 0 bridgehead atoms. The third-order valence-electron chi connectivity index (χ3n) is 8.47. The van der Waals surface area contributed by atoms with Crippen molar-refractivity contribution in [1.82, 2.24) is 26.2 Å². The maximum absolute atomic E-state index is 13.9. The lowest BCUT2D eigenvalue weighted by molar-refractivity contribution is -0.144. The molecule has 1 aromatic rings. The molecule has 15 nitrogen and oxygen atoms in total. The molecule has 2 unspecified atom stereocenters. The zero-order valence-corrected chi connectivity index (χ0v) is 28.2. The number of alkyl carbamates (subject to hydrolysis) is 1. The highest BCUT2D eigenvalue weighted by molar-refractivity contribution is 6.38. The maximum atomic E-state index is 13.9. The van der Waals surface area contributed by atoms with E-state index in [-0.39, 0.29) is 43.6 Å². The number of amides is 5. The molecule has 3 rings (SSSR count). The van der Waals surface area contributed by atoms with E-state index in [4.69, 9.17) is 4.74 Å². The summed E-state index contributed by atoms with van der Waals surface area (Å²) >= 11 is 0. The van der Waals surface area contributed by atoms with E-state index in [1.807, 2.05) is 13.8 Å². The van der Waals surface area contributed by atoms with Crippen LogP contribution in [0.15, 0.2) is 30.3 Å². The number of hydrogen-bond acceptors (Lipinski definition) is 9. The van der Waals surface area contributed by atoms with Gasteiger partial charge in [0.2, 0.25) is 23.5 Å². The summed E-state index contributed by atoms with van der Waals surface area (Å²) in [6.07, 6.45) is 3.39. The van der Waals surface area contributed by atoms with Gasteiger partial charge in [0.15, 0.2) is 11.8 Å². The van der Waals surface area contributed by atoms with Crippen LogP contribution in [0.2, 0.25) is 0 Å². The number of likely N-dealkylation sites (tertiary alicyclic amines) is 1. The minimum Gasteiger partial charge on any atom is -0.479 e. The van der Waals surface area contributed by atoms with Crippen LogP contribution < -0.4 is 21.3 Å². The molecule has 1 saturated heterocycles. The first-order valence-electron chi connectivity index (χ1n) is 16.8. The number of carbonyl (C=O) groups excluding carboxylic acids is 7. The number of hydrogen-bond donors (Lipinski definition) is 5. The van der Waals surface area contributed by atoms with Gasteiger partial charge in [-0.3, -0.25) is 28.8 Å². The van der Waals surface area contributed by atoms with Gasteiger partial charge in [0.05, 0.1) is 25.7 Å². The quantitative estimate of drug-likeness (QED) is 0.158. The van der Waals surface area contributed by atoms with E-state index < -0.39 is 72.2 Å². The van der Waals surface area contributed by atoms with Crippen molar-refractivity contribution in [3.63, 3.8) is 0 Å². The lowest BCUT2D eigenvalue weighted by atomic mass is 9.83. The Hall–Kier alpha value is -4.82. The third kappa shape index (κ3) is 11.4. The molecule has 1 aliphatic heterocycles. The molecule has 0 radical (unpaired) electrons. The van der Waals surface area contributed by atoms with Gasteiger partial charge in [-0.2, -0.15) is 0 Å². The second-order valence-electron chi connectivity index (χ2n) is 12.9. The van der Waals surface area contributed by atoms with Gasteiger partial charge in [-0.1, -0.05) is 76.8 Å². The molecule has 2 aliphatic rings. The normalized spacial score (nSPS) is 18.2. The fraction of sp³-hybridized carbons (Fsp3) is 0.588. The van der Waals surface area contributed by atoms with Crippen LogP contribution in [0.3, 0.4) is 0 Å². The predicted molar refractivity (Wildman–Crippen MR) is 175 cm³/mol. The smallest absolute Gasteiger partial charge is 0.407 e. The summed E-state index contributed by atoms with van der Waals surface area (Å²) in [5, 5.41) is 19.2. The van der Waals surface area contributed by atoms with E-state index in [0.29, 0.717) is 24.8 Å². The number of nitrogens with zero attached hydrogens (tertiary/aromatic N) is 1. The van der Waals surface area contributed by atoms with E-state index in [1.54, 1.807) is 25.1 Å². The molecule has 5 amide bonds. The van der Waals surface area contributed by atoms with E-state index in [1.165, 1.54) is 12.1 Å². The second kappa shape index (κ2) is 18.7. The highest BCUT2D eigenvalue weighted by Gasteiger charge is 2.44. The summed E-state index contributed by atoms with van der Waals surface area (Å²) in [5.41, 5.74) is 0.307. The van der Waals surface area contributed by atoms with Crippen LogP contribution in [-0.2, 0) is 38.3 Å². The van der Waals surface area contributed by atoms with Crippen LogP contribution in [0.1, 0.15) is 83.7 Å². The van der Waals surface area contributed by atoms with Crippen LogP contribution in [0.5, 0.6) is 0 Å². The number of Topliss-reactive ketones (excluding diaryl/α,β-unsaturated/α-hetero) is 2. The average Bonchev–Trinajstić information content (AvgIpc) is 3.49. The standard InChI is InChI=1S/C34H47N5O10/c1-4-11-24(29(42)31(44)35-17-26(41)37-28(33(46)47)22-14-9-6-10-15-22)36-30(43)25-16-23(40)18-39(25)32(45)27(21-12-7-5-8-13-21)38-34(48)49-19-20(2)3/h6,9-10,14-15,20-21,24-25,27-28H,4-5,7-8,11-13,16-19H2,1-3H3,(H,35,44)(H,36,43)(H,37,41)(H,38,48)(H,46,47)/t24?,25-,27-,28?/m0/s1. The van der Waals surface area contributed by atoms with Crippen molar-refractivity contribution in [3.05, 3.63) is 35.9 Å². The summed E-state index contributed by atoms with van der Waals surface area (Å²) in [6, 6.07) is 2.91. The van der Waals surface area contributed by atoms with E-state index in [2.05, 4.69) is 21.3 Å². The Labute approximate surface area is 285 Å². The molecule has 0 spiro atoms. The van der Waals surface area contributed by atoms with Gasteiger partial charge < -0.3 is 36.0 Å². The van der Waals surface area contributed by atoms with E-state index in [9.17, 15) is 43.5 Å². The molecule has 5 N–H and O–H groups in total. The summed E-state index contributed by atoms with van der Waals surface area (Å²) in [6.45, 7) is 4.55. The predicted octanol–water partition coefficient (Wildman–Crippen LogP) is 1.40. The average molecular weight is 686 g/mol. The number of nitrogens with one attached hydrogen (secondary N) is 4. The second-order valence-corrected chi connectivity index (χ2v) is 12.9. The summed E-state index contributed by atoms with van der Waals surface area (Å²) in [5.74, 6) is -6.36. The minimum absolute atomic E-state index is 0.0435. The van der Waals surface area contributed by atoms with Crippen molar-refractivity contribution < 1.29 is 48.2 Å². The van der Waals surface area contributed by atoms with Crippen molar-refractivity contribution in [2.24, 2.45) is 11.8 Å². The van der Waals surface area contributed by atoms with Gasteiger partial charge in [-0.15, -0.1) is 0 Å².